The molecule has 0 saturated heterocycles. The van der Waals surface area contributed by atoms with Crippen molar-refractivity contribution in [1.29, 1.82) is 0 Å². The maximum Gasteiger partial charge on any atom is 0.255 e. The molecule has 0 N–H and O–H groups in total. The Hall–Kier alpha value is -0.900. The van der Waals surface area contributed by atoms with Gasteiger partial charge < -0.3 is 4.90 Å². The molecule has 0 aromatic heterocycles. The summed E-state index contributed by atoms with van der Waals surface area (Å²) < 4.78 is 13.7. The van der Waals surface area contributed by atoms with Crippen LogP contribution in [0.3, 0.4) is 0 Å². The van der Waals surface area contributed by atoms with Crippen molar-refractivity contribution < 1.29 is 9.18 Å². The summed E-state index contributed by atoms with van der Waals surface area (Å²) in [7, 11) is 0. The molecular weight excluding hydrogens is 285 g/mol. The summed E-state index contributed by atoms with van der Waals surface area (Å²) in [6.07, 6.45) is 3.06. The van der Waals surface area contributed by atoms with Crippen molar-refractivity contribution in [3.05, 3.63) is 34.1 Å². The summed E-state index contributed by atoms with van der Waals surface area (Å²) in [6, 6.07) is 4.95. The van der Waals surface area contributed by atoms with Crippen LogP contribution in [0.15, 0.2) is 22.7 Å². The molecule has 92 valence electrons. The minimum atomic E-state index is -0.386. The Kier molecular flexibility index (Phi) is 3.82. The van der Waals surface area contributed by atoms with E-state index in [9.17, 15) is 9.18 Å². The van der Waals surface area contributed by atoms with Gasteiger partial charge in [0.05, 0.1) is 10.0 Å². The van der Waals surface area contributed by atoms with Crippen molar-refractivity contribution in [3.63, 3.8) is 0 Å². The highest BCUT2D eigenvalue weighted by Crippen LogP contribution is 2.30. The largest absolute Gasteiger partial charge is 0.336 e. The summed E-state index contributed by atoms with van der Waals surface area (Å²) in [6.45, 7) is 2.79. The third-order valence-electron chi connectivity index (χ3n) is 2.90. The lowest BCUT2D eigenvalue weighted by molar-refractivity contribution is 0.0741. The number of rotatable bonds is 4. The minimum Gasteiger partial charge on any atom is -0.336 e. The first-order valence-electron chi connectivity index (χ1n) is 5.90. The van der Waals surface area contributed by atoms with Crippen molar-refractivity contribution in [2.24, 2.45) is 0 Å². The zero-order valence-electron chi connectivity index (χ0n) is 9.75. The number of hydrogen-bond donors (Lipinski definition) is 0. The van der Waals surface area contributed by atoms with Crippen LogP contribution in [0, 0.1) is 5.82 Å². The molecule has 1 saturated carbocycles. The van der Waals surface area contributed by atoms with Gasteiger partial charge in [-0.05, 0) is 47.3 Å². The number of carbonyl (C=O) groups is 1. The second kappa shape index (κ2) is 5.17. The lowest BCUT2D eigenvalue weighted by Gasteiger charge is -2.22. The molecule has 1 aliphatic rings. The van der Waals surface area contributed by atoms with E-state index in [0.717, 1.165) is 25.8 Å². The van der Waals surface area contributed by atoms with Gasteiger partial charge >= 0.3 is 0 Å². The van der Waals surface area contributed by atoms with Crippen molar-refractivity contribution in [2.45, 2.75) is 32.2 Å². The molecule has 0 radical (unpaired) electrons. The van der Waals surface area contributed by atoms with Gasteiger partial charge in [0.2, 0.25) is 0 Å². The lowest BCUT2D eigenvalue weighted by Crippen LogP contribution is -2.34. The van der Waals surface area contributed by atoms with E-state index in [1.165, 1.54) is 6.07 Å². The first kappa shape index (κ1) is 12.6. The van der Waals surface area contributed by atoms with Crippen LogP contribution in [0.1, 0.15) is 36.5 Å². The van der Waals surface area contributed by atoms with Crippen LogP contribution >= 0.6 is 15.9 Å². The summed E-state index contributed by atoms with van der Waals surface area (Å²) in [4.78, 5) is 14.2. The van der Waals surface area contributed by atoms with Crippen LogP contribution in [0.5, 0.6) is 0 Å². The summed E-state index contributed by atoms with van der Waals surface area (Å²) in [5, 5.41) is 0. The van der Waals surface area contributed by atoms with E-state index in [2.05, 4.69) is 15.9 Å². The van der Waals surface area contributed by atoms with E-state index in [1.54, 1.807) is 12.1 Å². The van der Waals surface area contributed by atoms with E-state index < -0.39 is 0 Å². The highest BCUT2D eigenvalue weighted by atomic mass is 79.9. The molecule has 0 bridgehead atoms. The van der Waals surface area contributed by atoms with Gasteiger partial charge in [-0.2, -0.15) is 0 Å². The zero-order chi connectivity index (χ0) is 12.4. The number of nitrogens with zero attached hydrogens (tertiary/aromatic N) is 1. The van der Waals surface area contributed by atoms with Gasteiger partial charge in [0, 0.05) is 12.6 Å². The number of amides is 1. The molecule has 1 aromatic carbocycles. The Bertz CT molecular complexity index is 431. The summed E-state index contributed by atoms with van der Waals surface area (Å²) in [5.41, 5.74) is 0.422. The zero-order valence-corrected chi connectivity index (χ0v) is 11.3. The first-order chi connectivity index (χ1) is 8.15. The fourth-order valence-electron chi connectivity index (χ4n) is 1.90. The van der Waals surface area contributed by atoms with E-state index in [4.69, 9.17) is 0 Å². The molecule has 0 aliphatic heterocycles. The molecule has 17 heavy (non-hydrogen) atoms. The third kappa shape index (κ3) is 2.68. The van der Waals surface area contributed by atoms with E-state index in [0.29, 0.717) is 11.6 Å². The minimum absolute atomic E-state index is 0.0688. The van der Waals surface area contributed by atoms with Gasteiger partial charge in [0.15, 0.2) is 0 Å². The molecule has 0 spiro atoms. The monoisotopic (exact) mass is 299 g/mol. The lowest BCUT2D eigenvalue weighted by atomic mass is 10.2. The van der Waals surface area contributed by atoms with Crippen LogP contribution in [0.4, 0.5) is 4.39 Å². The maximum absolute atomic E-state index is 13.4. The Morgan fingerprint density at radius 1 is 1.53 bits per heavy atom. The quantitative estimate of drug-likeness (QED) is 0.832. The van der Waals surface area contributed by atoms with Crippen LogP contribution in [-0.4, -0.2) is 23.4 Å². The SMILES string of the molecule is CCCN(C(=O)c1cccc(F)c1Br)C1CC1. The van der Waals surface area contributed by atoms with Gasteiger partial charge in [0.1, 0.15) is 5.82 Å². The maximum atomic E-state index is 13.4. The van der Waals surface area contributed by atoms with Crippen molar-refractivity contribution >= 4 is 21.8 Å². The molecule has 2 rings (SSSR count). The summed E-state index contributed by atoms with van der Waals surface area (Å²) >= 11 is 3.15. The Morgan fingerprint density at radius 2 is 2.24 bits per heavy atom. The molecule has 0 atom stereocenters. The van der Waals surface area contributed by atoms with Crippen LogP contribution in [-0.2, 0) is 0 Å². The van der Waals surface area contributed by atoms with Gasteiger partial charge in [-0.3, -0.25) is 4.79 Å². The fraction of sp³-hybridized carbons (Fsp3) is 0.462. The number of carbonyl (C=O) groups excluding carboxylic acids is 1. The number of benzene rings is 1. The third-order valence-corrected chi connectivity index (χ3v) is 3.70. The molecule has 1 fully saturated rings. The van der Waals surface area contributed by atoms with Gasteiger partial charge in [-0.25, -0.2) is 4.39 Å². The standard InChI is InChI=1S/C13H15BrFNO/c1-2-8-16(9-6-7-9)13(17)10-4-3-5-11(15)12(10)14/h3-5,9H,2,6-8H2,1H3. The highest BCUT2D eigenvalue weighted by molar-refractivity contribution is 9.10. The molecule has 4 heteroatoms. The van der Waals surface area contributed by atoms with E-state index >= 15 is 0 Å². The molecule has 1 aromatic rings. The van der Waals surface area contributed by atoms with E-state index in [1.807, 2.05) is 11.8 Å². The average molecular weight is 300 g/mol. The van der Waals surface area contributed by atoms with Gasteiger partial charge in [0.25, 0.3) is 5.91 Å². The van der Waals surface area contributed by atoms with Crippen molar-refractivity contribution in [1.82, 2.24) is 4.90 Å². The molecular formula is C13H15BrFNO. The molecule has 0 heterocycles. The predicted molar refractivity (Wildman–Crippen MR) is 68.4 cm³/mol. The van der Waals surface area contributed by atoms with Crippen molar-refractivity contribution in [3.8, 4) is 0 Å². The number of halogens is 2. The second-order valence-electron chi connectivity index (χ2n) is 4.33. The second-order valence-corrected chi connectivity index (χ2v) is 5.12. The Morgan fingerprint density at radius 3 is 2.82 bits per heavy atom. The normalized spacial score (nSPS) is 14.8. The molecule has 2 nitrogen and oxygen atoms in total. The van der Waals surface area contributed by atoms with Gasteiger partial charge in [-0.15, -0.1) is 0 Å². The molecule has 0 unspecified atom stereocenters. The highest BCUT2D eigenvalue weighted by Gasteiger charge is 2.33. The Labute approximate surface area is 109 Å². The van der Waals surface area contributed by atoms with E-state index in [-0.39, 0.29) is 16.2 Å². The molecule has 1 amide bonds. The van der Waals surface area contributed by atoms with Crippen LogP contribution in [0.2, 0.25) is 0 Å². The van der Waals surface area contributed by atoms with Gasteiger partial charge in [-0.1, -0.05) is 13.0 Å². The molecule has 1 aliphatic carbocycles. The first-order valence-corrected chi connectivity index (χ1v) is 6.69. The number of hydrogen-bond acceptors (Lipinski definition) is 1. The average Bonchev–Trinajstić information content (AvgIpc) is 3.13. The topological polar surface area (TPSA) is 20.3 Å². The van der Waals surface area contributed by atoms with Crippen LogP contribution < -0.4 is 0 Å². The summed E-state index contributed by atoms with van der Waals surface area (Å²) in [5.74, 6) is -0.455. The fourth-order valence-corrected chi connectivity index (χ4v) is 2.33. The smallest absolute Gasteiger partial charge is 0.255 e. The predicted octanol–water partition coefficient (Wildman–Crippen LogP) is 3.60. The Balaban J connectivity index is 2.25. The van der Waals surface area contributed by atoms with Crippen molar-refractivity contribution in [2.75, 3.05) is 6.54 Å². The van der Waals surface area contributed by atoms with Crippen LogP contribution in [0.25, 0.3) is 0 Å².